The van der Waals surface area contributed by atoms with Crippen molar-refractivity contribution < 1.29 is 0 Å². The summed E-state index contributed by atoms with van der Waals surface area (Å²) in [5, 5.41) is 0. The van der Waals surface area contributed by atoms with Gasteiger partial charge in [0.05, 0.1) is 0 Å². The lowest BCUT2D eigenvalue weighted by molar-refractivity contribution is 0.176. The van der Waals surface area contributed by atoms with Crippen LogP contribution in [-0.2, 0) is 0 Å². The van der Waals surface area contributed by atoms with Crippen molar-refractivity contribution in [3.8, 4) is 0 Å². The van der Waals surface area contributed by atoms with E-state index in [1.54, 1.807) is 0 Å². The molecule has 1 aliphatic heterocycles. The van der Waals surface area contributed by atoms with Gasteiger partial charge in [0.2, 0.25) is 0 Å². The summed E-state index contributed by atoms with van der Waals surface area (Å²) >= 11 is 0. The molecule has 1 heterocycles. The van der Waals surface area contributed by atoms with Gasteiger partial charge < -0.3 is 4.90 Å². The first-order chi connectivity index (χ1) is 5.98. The van der Waals surface area contributed by atoms with Gasteiger partial charge in [-0.2, -0.15) is 0 Å². The molecule has 3 atom stereocenters. The summed E-state index contributed by atoms with van der Waals surface area (Å²) in [5.41, 5.74) is 0.532. The van der Waals surface area contributed by atoms with Gasteiger partial charge in [0, 0.05) is 13.1 Å². The number of nitrogens with zero attached hydrogens (tertiary/aromatic N) is 1. The predicted molar refractivity (Wildman–Crippen MR) is 56.7 cm³/mol. The summed E-state index contributed by atoms with van der Waals surface area (Å²) in [4.78, 5) is 2.52. The zero-order valence-electron chi connectivity index (χ0n) is 9.51. The van der Waals surface area contributed by atoms with Crippen LogP contribution in [0.3, 0.4) is 0 Å². The molecule has 0 aromatic carbocycles. The topological polar surface area (TPSA) is 3.24 Å². The van der Waals surface area contributed by atoms with E-state index in [9.17, 15) is 0 Å². The molecule has 13 heavy (non-hydrogen) atoms. The zero-order chi connectivity index (χ0) is 9.64. The van der Waals surface area contributed by atoms with Crippen LogP contribution in [0.25, 0.3) is 0 Å². The van der Waals surface area contributed by atoms with Crippen molar-refractivity contribution in [1.29, 1.82) is 0 Å². The van der Waals surface area contributed by atoms with Crippen LogP contribution in [0.2, 0.25) is 0 Å². The van der Waals surface area contributed by atoms with Gasteiger partial charge in [-0.15, -0.1) is 0 Å². The third-order valence-electron chi connectivity index (χ3n) is 4.15. The highest BCUT2D eigenvalue weighted by molar-refractivity contribution is 4.96. The summed E-state index contributed by atoms with van der Waals surface area (Å²) in [5.74, 6) is 3.00. The molecule has 0 radical (unpaired) electrons. The molecule has 1 saturated carbocycles. The van der Waals surface area contributed by atoms with Crippen LogP contribution in [0.4, 0.5) is 0 Å². The molecule has 0 spiro atoms. The van der Waals surface area contributed by atoms with Crippen LogP contribution in [0.5, 0.6) is 0 Å². The predicted octanol–water partition coefficient (Wildman–Crippen LogP) is 2.62. The number of hydrogen-bond donors (Lipinski definition) is 0. The molecule has 0 bridgehead atoms. The summed E-state index contributed by atoms with van der Waals surface area (Å²) in [6, 6.07) is 0. The Balaban J connectivity index is 2.09. The van der Waals surface area contributed by atoms with Crippen molar-refractivity contribution in [2.45, 2.75) is 33.6 Å². The summed E-state index contributed by atoms with van der Waals surface area (Å²) in [6.45, 7) is 9.96. The van der Waals surface area contributed by atoms with E-state index in [1.165, 1.54) is 25.9 Å². The van der Waals surface area contributed by atoms with E-state index in [2.05, 4.69) is 32.7 Å². The Bertz CT molecular complexity index is 192. The van der Waals surface area contributed by atoms with Crippen LogP contribution in [0.1, 0.15) is 33.6 Å². The minimum absolute atomic E-state index is 0.532. The number of fused-ring (bicyclic) bond motifs is 1. The van der Waals surface area contributed by atoms with Gasteiger partial charge >= 0.3 is 0 Å². The third-order valence-corrected chi connectivity index (χ3v) is 4.15. The minimum Gasteiger partial charge on any atom is -0.306 e. The Kier molecular flexibility index (Phi) is 2.18. The van der Waals surface area contributed by atoms with E-state index in [0.29, 0.717) is 5.41 Å². The number of hydrogen-bond acceptors (Lipinski definition) is 1. The lowest BCUT2D eigenvalue weighted by Crippen LogP contribution is -2.27. The molecular formula is C12H23N. The molecule has 0 N–H and O–H groups in total. The van der Waals surface area contributed by atoms with Crippen LogP contribution < -0.4 is 0 Å². The lowest BCUT2D eigenvalue weighted by Gasteiger charge is -2.32. The van der Waals surface area contributed by atoms with Crippen molar-refractivity contribution in [2.75, 3.05) is 20.1 Å². The first-order valence-corrected chi connectivity index (χ1v) is 5.67. The molecule has 3 unspecified atom stereocenters. The first kappa shape index (κ1) is 9.51. The maximum atomic E-state index is 2.52. The van der Waals surface area contributed by atoms with Crippen LogP contribution in [0.15, 0.2) is 0 Å². The normalized spacial score (nSPS) is 41.1. The monoisotopic (exact) mass is 181 g/mol. The first-order valence-electron chi connectivity index (χ1n) is 5.67. The molecule has 1 aliphatic carbocycles. The Hall–Kier alpha value is -0.0400. The zero-order valence-corrected chi connectivity index (χ0v) is 9.51. The van der Waals surface area contributed by atoms with Crippen LogP contribution in [-0.4, -0.2) is 25.0 Å². The highest BCUT2D eigenvalue weighted by Crippen LogP contribution is 2.49. The number of likely N-dealkylation sites (tertiary alicyclic amines) is 1. The average molecular weight is 181 g/mol. The maximum absolute atomic E-state index is 2.52. The third kappa shape index (κ3) is 1.63. The number of rotatable bonds is 0. The fraction of sp³-hybridized carbons (Fsp3) is 1.00. The van der Waals surface area contributed by atoms with Crippen molar-refractivity contribution in [3.63, 3.8) is 0 Å². The Labute approximate surface area is 82.5 Å². The van der Waals surface area contributed by atoms with Gasteiger partial charge in [-0.25, -0.2) is 0 Å². The van der Waals surface area contributed by atoms with E-state index in [4.69, 9.17) is 0 Å². The second-order valence-corrected chi connectivity index (χ2v) is 6.20. The molecule has 0 amide bonds. The minimum atomic E-state index is 0.532. The van der Waals surface area contributed by atoms with Crippen molar-refractivity contribution >= 4 is 0 Å². The Morgan fingerprint density at radius 1 is 1.08 bits per heavy atom. The molecule has 1 heteroatoms. The van der Waals surface area contributed by atoms with Crippen molar-refractivity contribution in [2.24, 2.45) is 23.2 Å². The van der Waals surface area contributed by atoms with Crippen molar-refractivity contribution in [3.05, 3.63) is 0 Å². The fourth-order valence-electron chi connectivity index (χ4n) is 3.56. The summed E-state index contributed by atoms with van der Waals surface area (Å²) < 4.78 is 0. The van der Waals surface area contributed by atoms with E-state index in [0.717, 1.165) is 17.8 Å². The summed E-state index contributed by atoms with van der Waals surface area (Å²) in [6.07, 6.45) is 2.96. The maximum Gasteiger partial charge on any atom is 0.00127 e. The van der Waals surface area contributed by atoms with Crippen LogP contribution in [0, 0.1) is 23.2 Å². The van der Waals surface area contributed by atoms with E-state index in [1.807, 2.05) is 0 Å². The van der Waals surface area contributed by atoms with Crippen molar-refractivity contribution in [1.82, 2.24) is 4.90 Å². The van der Waals surface area contributed by atoms with Crippen LogP contribution >= 0.6 is 0 Å². The molecule has 2 rings (SSSR count). The van der Waals surface area contributed by atoms with Gasteiger partial charge in [0.15, 0.2) is 0 Å². The molecule has 2 aliphatic rings. The standard InChI is InChI=1S/C12H23N/c1-12(2,3)11-6-5-9-7-13(4)8-10(9)11/h9-11H,5-8H2,1-4H3. The fourth-order valence-corrected chi connectivity index (χ4v) is 3.56. The quantitative estimate of drug-likeness (QED) is 0.555. The van der Waals surface area contributed by atoms with Gasteiger partial charge in [0.1, 0.15) is 0 Å². The molecule has 1 saturated heterocycles. The van der Waals surface area contributed by atoms with E-state index in [-0.39, 0.29) is 0 Å². The second-order valence-electron chi connectivity index (χ2n) is 6.20. The van der Waals surface area contributed by atoms with Gasteiger partial charge in [-0.1, -0.05) is 20.8 Å². The highest BCUT2D eigenvalue weighted by atomic mass is 15.1. The molecule has 0 aromatic heterocycles. The van der Waals surface area contributed by atoms with Gasteiger partial charge in [-0.05, 0) is 43.1 Å². The smallest absolute Gasteiger partial charge is 0.00127 e. The molecule has 76 valence electrons. The lowest BCUT2D eigenvalue weighted by atomic mass is 9.74. The van der Waals surface area contributed by atoms with E-state index < -0.39 is 0 Å². The Morgan fingerprint density at radius 3 is 2.38 bits per heavy atom. The Morgan fingerprint density at radius 2 is 1.77 bits per heavy atom. The average Bonchev–Trinajstić information content (AvgIpc) is 2.41. The molecule has 0 aromatic rings. The largest absolute Gasteiger partial charge is 0.306 e. The van der Waals surface area contributed by atoms with Gasteiger partial charge in [0.25, 0.3) is 0 Å². The van der Waals surface area contributed by atoms with Gasteiger partial charge in [-0.3, -0.25) is 0 Å². The second kappa shape index (κ2) is 2.98. The summed E-state index contributed by atoms with van der Waals surface area (Å²) in [7, 11) is 2.28. The SMILES string of the molecule is CN1CC2CCC(C(C)(C)C)C2C1. The highest BCUT2D eigenvalue weighted by Gasteiger charge is 2.45. The van der Waals surface area contributed by atoms with E-state index >= 15 is 0 Å². The molecule has 2 fully saturated rings. The molecule has 1 nitrogen and oxygen atoms in total. The molecular weight excluding hydrogens is 158 g/mol.